The highest BCUT2D eigenvalue weighted by molar-refractivity contribution is 5.96. The largest absolute Gasteiger partial charge is 0.384 e. The van der Waals surface area contributed by atoms with Gasteiger partial charge in [-0.15, -0.1) is 0 Å². The number of nitrogens with one attached hydrogen (secondary N) is 1. The zero-order chi connectivity index (χ0) is 14.4. The molecule has 2 N–H and O–H groups in total. The standard InChI is InChI=1S/C16H20N2O2/c1-12-5-2-3-7-15(12)18-16(20)14-8-9-17-11-13(14)6-4-10-19/h8-9,11-12,15,19H,2-3,5,7,10H2,1H3,(H,18,20). The number of rotatable bonds is 2. The van der Waals surface area contributed by atoms with Crippen LogP contribution in [0.3, 0.4) is 0 Å². The van der Waals surface area contributed by atoms with E-state index < -0.39 is 0 Å². The molecule has 1 fully saturated rings. The Kier molecular flexibility index (Phi) is 5.14. The zero-order valence-corrected chi connectivity index (χ0v) is 11.7. The summed E-state index contributed by atoms with van der Waals surface area (Å²) in [6.45, 7) is 1.96. The van der Waals surface area contributed by atoms with Gasteiger partial charge < -0.3 is 10.4 Å². The van der Waals surface area contributed by atoms with E-state index in [9.17, 15) is 4.79 Å². The molecule has 0 spiro atoms. The summed E-state index contributed by atoms with van der Waals surface area (Å²) >= 11 is 0. The van der Waals surface area contributed by atoms with Crippen LogP contribution in [0.25, 0.3) is 0 Å². The highest BCUT2D eigenvalue weighted by Gasteiger charge is 2.23. The van der Waals surface area contributed by atoms with Crippen LogP contribution in [0.2, 0.25) is 0 Å². The van der Waals surface area contributed by atoms with Gasteiger partial charge in [0.15, 0.2) is 0 Å². The van der Waals surface area contributed by atoms with E-state index in [1.54, 1.807) is 18.5 Å². The van der Waals surface area contributed by atoms with E-state index in [0.717, 1.165) is 6.42 Å². The number of hydrogen-bond acceptors (Lipinski definition) is 3. The monoisotopic (exact) mass is 272 g/mol. The molecule has 1 amide bonds. The molecule has 1 aliphatic carbocycles. The second kappa shape index (κ2) is 7.06. The minimum atomic E-state index is -0.227. The molecule has 1 aromatic rings. The summed E-state index contributed by atoms with van der Waals surface area (Å²) in [5, 5.41) is 11.9. The van der Waals surface area contributed by atoms with Gasteiger partial charge in [-0.2, -0.15) is 0 Å². The Bertz CT molecular complexity index is 531. The van der Waals surface area contributed by atoms with Crippen molar-refractivity contribution >= 4 is 5.91 Å². The SMILES string of the molecule is CC1CCCCC1NC(=O)c1ccncc1C#CCO. The fourth-order valence-corrected chi connectivity index (χ4v) is 2.60. The van der Waals surface area contributed by atoms with Gasteiger partial charge in [0.05, 0.1) is 11.1 Å². The molecule has 2 atom stereocenters. The molecule has 1 saturated carbocycles. The summed E-state index contributed by atoms with van der Waals surface area (Å²) in [5.41, 5.74) is 1.08. The van der Waals surface area contributed by atoms with E-state index in [4.69, 9.17) is 5.11 Å². The predicted octanol–water partition coefficient (Wildman–Crippen LogP) is 1.73. The molecular weight excluding hydrogens is 252 g/mol. The lowest BCUT2D eigenvalue weighted by Gasteiger charge is -2.29. The lowest BCUT2D eigenvalue weighted by atomic mass is 9.86. The fraction of sp³-hybridized carbons (Fsp3) is 0.500. The van der Waals surface area contributed by atoms with Gasteiger partial charge in [-0.3, -0.25) is 9.78 Å². The number of aliphatic hydroxyl groups excluding tert-OH is 1. The predicted molar refractivity (Wildman–Crippen MR) is 77.1 cm³/mol. The second-order valence-electron chi connectivity index (χ2n) is 5.22. The van der Waals surface area contributed by atoms with Crippen LogP contribution < -0.4 is 5.32 Å². The highest BCUT2D eigenvalue weighted by atomic mass is 16.2. The first-order chi connectivity index (χ1) is 9.72. The molecule has 1 aliphatic rings. The lowest BCUT2D eigenvalue weighted by molar-refractivity contribution is 0.0910. The topological polar surface area (TPSA) is 62.2 Å². The molecule has 106 valence electrons. The quantitative estimate of drug-likeness (QED) is 0.806. The van der Waals surface area contributed by atoms with E-state index in [2.05, 4.69) is 29.1 Å². The fourth-order valence-electron chi connectivity index (χ4n) is 2.60. The molecule has 2 unspecified atom stereocenters. The van der Waals surface area contributed by atoms with Gasteiger partial charge in [0.2, 0.25) is 0 Å². The van der Waals surface area contributed by atoms with Crippen molar-refractivity contribution in [3.8, 4) is 11.8 Å². The average molecular weight is 272 g/mol. The number of aliphatic hydroxyl groups is 1. The highest BCUT2D eigenvalue weighted by Crippen LogP contribution is 2.24. The van der Waals surface area contributed by atoms with Crippen molar-refractivity contribution in [1.29, 1.82) is 0 Å². The van der Waals surface area contributed by atoms with E-state index in [-0.39, 0.29) is 18.6 Å². The first-order valence-corrected chi connectivity index (χ1v) is 7.07. The maximum Gasteiger partial charge on any atom is 0.252 e. The molecule has 0 saturated heterocycles. The van der Waals surface area contributed by atoms with Crippen LogP contribution in [0.15, 0.2) is 18.5 Å². The van der Waals surface area contributed by atoms with Crippen LogP contribution in [0.5, 0.6) is 0 Å². The Morgan fingerprint density at radius 3 is 3.05 bits per heavy atom. The molecular formula is C16H20N2O2. The number of pyridine rings is 1. The third kappa shape index (κ3) is 3.58. The van der Waals surface area contributed by atoms with Crippen LogP contribution in [-0.2, 0) is 0 Å². The Balaban J connectivity index is 2.12. The molecule has 1 aromatic heterocycles. The van der Waals surface area contributed by atoms with Crippen LogP contribution >= 0.6 is 0 Å². The zero-order valence-electron chi connectivity index (χ0n) is 11.7. The smallest absolute Gasteiger partial charge is 0.252 e. The third-order valence-electron chi connectivity index (χ3n) is 3.80. The summed E-state index contributed by atoms with van der Waals surface area (Å²) in [4.78, 5) is 16.4. The van der Waals surface area contributed by atoms with Gasteiger partial charge in [0, 0.05) is 18.4 Å². The lowest BCUT2D eigenvalue weighted by Crippen LogP contribution is -2.41. The van der Waals surface area contributed by atoms with Crippen LogP contribution in [-0.4, -0.2) is 28.6 Å². The molecule has 4 nitrogen and oxygen atoms in total. The van der Waals surface area contributed by atoms with Gasteiger partial charge >= 0.3 is 0 Å². The van der Waals surface area contributed by atoms with Crippen LogP contribution in [0.4, 0.5) is 0 Å². The maximum atomic E-state index is 12.4. The Labute approximate surface area is 119 Å². The summed E-state index contributed by atoms with van der Waals surface area (Å²) in [7, 11) is 0. The Hall–Kier alpha value is -1.86. The van der Waals surface area contributed by atoms with Crippen LogP contribution in [0.1, 0.15) is 48.5 Å². The van der Waals surface area contributed by atoms with E-state index in [1.165, 1.54) is 19.3 Å². The summed E-state index contributed by atoms with van der Waals surface area (Å²) < 4.78 is 0. The number of aromatic nitrogens is 1. The van der Waals surface area contributed by atoms with Gasteiger partial charge in [0.25, 0.3) is 5.91 Å². The molecule has 20 heavy (non-hydrogen) atoms. The van der Waals surface area contributed by atoms with Crippen LogP contribution in [0, 0.1) is 17.8 Å². The van der Waals surface area contributed by atoms with Gasteiger partial charge in [0.1, 0.15) is 6.61 Å². The third-order valence-corrected chi connectivity index (χ3v) is 3.80. The van der Waals surface area contributed by atoms with Crippen molar-refractivity contribution in [1.82, 2.24) is 10.3 Å². The minimum absolute atomic E-state index is 0.103. The number of hydrogen-bond donors (Lipinski definition) is 2. The number of amides is 1. The number of carbonyl (C=O) groups excluding carboxylic acids is 1. The summed E-state index contributed by atoms with van der Waals surface area (Å²) in [6, 6.07) is 1.91. The number of nitrogens with zero attached hydrogens (tertiary/aromatic N) is 1. The normalized spacial score (nSPS) is 21.7. The van der Waals surface area contributed by atoms with Crippen molar-refractivity contribution in [3.05, 3.63) is 29.6 Å². The Morgan fingerprint density at radius 1 is 1.50 bits per heavy atom. The molecule has 0 bridgehead atoms. The molecule has 0 aliphatic heterocycles. The average Bonchev–Trinajstić information content (AvgIpc) is 2.47. The summed E-state index contributed by atoms with van der Waals surface area (Å²) in [5.74, 6) is 5.74. The minimum Gasteiger partial charge on any atom is -0.384 e. The van der Waals surface area contributed by atoms with Crippen molar-refractivity contribution in [2.24, 2.45) is 5.92 Å². The number of carbonyl (C=O) groups is 1. The van der Waals surface area contributed by atoms with Gasteiger partial charge in [-0.25, -0.2) is 0 Å². The molecule has 0 aromatic carbocycles. The van der Waals surface area contributed by atoms with Crippen molar-refractivity contribution in [2.75, 3.05) is 6.61 Å². The van der Waals surface area contributed by atoms with Crippen molar-refractivity contribution in [2.45, 2.75) is 38.6 Å². The van der Waals surface area contributed by atoms with Crippen molar-refractivity contribution < 1.29 is 9.90 Å². The first kappa shape index (κ1) is 14.5. The molecule has 1 heterocycles. The van der Waals surface area contributed by atoms with Crippen molar-refractivity contribution in [3.63, 3.8) is 0 Å². The van der Waals surface area contributed by atoms with E-state index in [1.807, 2.05) is 0 Å². The maximum absolute atomic E-state index is 12.4. The summed E-state index contributed by atoms with van der Waals surface area (Å²) in [6.07, 6.45) is 7.76. The molecule has 0 radical (unpaired) electrons. The molecule has 2 rings (SSSR count). The molecule has 4 heteroatoms. The second-order valence-corrected chi connectivity index (χ2v) is 5.22. The first-order valence-electron chi connectivity index (χ1n) is 7.07. The van der Waals surface area contributed by atoms with Gasteiger partial charge in [-0.05, 0) is 24.8 Å². The van der Waals surface area contributed by atoms with Gasteiger partial charge in [-0.1, -0.05) is 31.6 Å². The Morgan fingerprint density at radius 2 is 2.30 bits per heavy atom. The van der Waals surface area contributed by atoms with E-state index in [0.29, 0.717) is 17.0 Å². The van der Waals surface area contributed by atoms with E-state index >= 15 is 0 Å².